The number of hydrogen-bond acceptors (Lipinski definition) is 4. The number of hydrogen-bond donors (Lipinski definition) is 0. The molecule has 4 heteroatoms. The Balaban J connectivity index is 3.40. The number of carbonyl (C=O) groups excluding carboxylic acids is 1. The summed E-state index contributed by atoms with van der Waals surface area (Å²) in [5.74, 6) is 1.04. The van der Waals surface area contributed by atoms with E-state index in [0.717, 1.165) is 11.1 Å². The van der Waals surface area contributed by atoms with Crippen LogP contribution in [-0.4, -0.2) is 20.2 Å². The van der Waals surface area contributed by atoms with Crippen molar-refractivity contribution in [2.45, 2.75) is 20.8 Å². The molecule has 0 aliphatic carbocycles. The quantitative estimate of drug-likeness (QED) is 0.583. The van der Waals surface area contributed by atoms with Gasteiger partial charge < -0.3 is 14.2 Å². The fourth-order valence-electron chi connectivity index (χ4n) is 1.44. The SMILES string of the molecule is COc1cc(C)c(C)c(OC(C)=O)c1OC. The van der Waals surface area contributed by atoms with Crippen molar-refractivity contribution < 1.29 is 19.0 Å². The van der Waals surface area contributed by atoms with Gasteiger partial charge in [-0.05, 0) is 31.0 Å². The molecule has 0 N–H and O–H groups in total. The van der Waals surface area contributed by atoms with Crippen LogP contribution in [0.3, 0.4) is 0 Å². The number of benzene rings is 1. The highest BCUT2D eigenvalue weighted by atomic mass is 16.6. The number of methoxy groups -OCH3 is 2. The van der Waals surface area contributed by atoms with E-state index in [1.54, 1.807) is 7.11 Å². The van der Waals surface area contributed by atoms with Crippen LogP contribution in [0.25, 0.3) is 0 Å². The van der Waals surface area contributed by atoms with E-state index in [4.69, 9.17) is 14.2 Å². The van der Waals surface area contributed by atoms with E-state index in [9.17, 15) is 4.79 Å². The van der Waals surface area contributed by atoms with Gasteiger partial charge >= 0.3 is 5.97 Å². The Morgan fingerprint density at radius 3 is 2.19 bits per heavy atom. The maximum Gasteiger partial charge on any atom is 0.308 e. The molecule has 4 nitrogen and oxygen atoms in total. The lowest BCUT2D eigenvalue weighted by Crippen LogP contribution is -2.06. The molecule has 0 atom stereocenters. The number of ether oxygens (including phenoxy) is 3. The van der Waals surface area contributed by atoms with Crippen LogP contribution in [0.4, 0.5) is 0 Å². The highest BCUT2D eigenvalue weighted by Gasteiger charge is 2.18. The molecule has 0 bridgehead atoms. The molecule has 1 rings (SSSR count). The first kappa shape index (κ1) is 12.4. The van der Waals surface area contributed by atoms with Crippen LogP contribution in [0, 0.1) is 13.8 Å². The molecule has 0 aromatic heterocycles. The highest BCUT2D eigenvalue weighted by molar-refractivity contribution is 5.72. The molecule has 0 saturated carbocycles. The fourth-order valence-corrected chi connectivity index (χ4v) is 1.44. The largest absolute Gasteiger partial charge is 0.493 e. The number of esters is 1. The molecule has 0 heterocycles. The zero-order chi connectivity index (χ0) is 12.3. The lowest BCUT2D eigenvalue weighted by molar-refractivity contribution is -0.132. The lowest BCUT2D eigenvalue weighted by Gasteiger charge is -2.16. The first-order chi connectivity index (χ1) is 7.51. The zero-order valence-corrected chi connectivity index (χ0v) is 10.2. The maximum atomic E-state index is 11.0. The third kappa shape index (κ3) is 2.27. The predicted molar refractivity (Wildman–Crippen MR) is 60.3 cm³/mol. The summed E-state index contributed by atoms with van der Waals surface area (Å²) in [7, 11) is 3.06. The van der Waals surface area contributed by atoms with Gasteiger partial charge in [-0.3, -0.25) is 4.79 Å². The van der Waals surface area contributed by atoms with Crippen molar-refractivity contribution in [2.75, 3.05) is 14.2 Å². The first-order valence-electron chi connectivity index (χ1n) is 4.91. The van der Waals surface area contributed by atoms with Gasteiger partial charge in [0, 0.05) is 6.92 Å². The van der Waals surface area contributed by atoms with Crippen LogP contribution < -0.4 is 14.2 Å². The van der Waals surface area contributed by atoms with Crippen molar-refractivity contribution >= 4 is 5.97 Å². The van der Waals surface area contributed by atoms with Crippen molar-refractivity contribution in [2.24, 2.45) is 0 Å². The molecular weight excluding hydrogens is 208 g/mol. The van der Waals surface area contributed by atoms with Crippen LogP contribution in [0.5, 0.6) is 17.2 Å². The summed E-state index contributed by atoms with van der Waals surface area (Å²) in [4.78, 5) is 11.0. The van der Waals surface area contributed by atoms with E-state index in [0.29, 0.717) is 17.2 Å². The molecule has 1 aromatic carbocycles. The van der Waals surface area contributed by atoms with Crippen molar-refractivity contribution in [1.29, 1.82) is 0 Å². The lowest BCUT2D eigenvalue weighted by atomic mass is 10.1. The summed E-state index contributed by atoms with van der Waals surface area (Å²) in [6.07, 6.45) is 0. The van der Waals surface area contributed by atoms with Crippen LogP contribution >= 0.6 is 0 Å². The molecule has 0 saturated heterocycles. The molecule has 0 fully saturated rings. The van der Waals surface area contributed by atoms with Gasteiger partial charge in [0.15, 0.2) is 11.5 Å². The summed E-state index contributed by atoms with van der Waals surface area (Å²) in [6, 6.07) is 1.85. The summed E-state index contributed by atoms with van der Waals surface area (Å²) in [5.41, 5.74) is 1.85. The molecule has 0 radical (unpaired) electrons. The molecule has 88 valence electrons. The van der Waals surface area contributed by atoms with Crippen LogP contribution in [0.2, 0.25) is 0 Å². The third-order valence-corrected chi connectivity index (χ3v) is 2.38. The van der Waals surface area contributed by atoms with Gasteiger partial charge in [0.2, 0.25) is 5.75 Å². The molecule has 0 unspecified atom stereocenters. The monoisotopic (exact) mass is 224 g/mol. The Labute approximate surface area is 95.1 Å². The van der Waals surface area contributed by atoms with E-state index in [1.165, 1.54) is 14.0 Å². The molecule has 1 aromatic rings. The molecule has 16 heavy (non-hydrogen) atoms. The average molecular weight is 224 g/mol. The Morgan fingerprint density at radius 2 is 1.75 bits per heavy atom. The van der Waals surface area contributed by atoms with E-state index >= 15 is 0 Å². The maximum absolute atomic E-state index is 11.0. The van der Waals surface area contributed by atoms with Gasteiger partial charge in [-0.2, -0.15) is 0 Å². The number of rotatable bonds is 3. The predicted octanol–water partition coefficient (Wildman–Crippen LogP) is 2.25. The van der Waals surface area contributed by atoms with Gasteiger partial charge in [-0.1, -0.05) is 0 Å². The minimum Gasteiger partial charge on any atom is -0.493 e. The summed E-state index contributed by atoms with van der Waals surface area (Å²) < 4.78 is 15.5. The Bertz CT molecular complexity index is 410. The number of carbonyl (C=O) groups is 1. The van der Waals surface area contributed by atoms with E-state index in [1.807, 2.05) is 19.9 Å². The standard InChI is InChI=1S/C12H16O4/c1-7-6-10(14-4)12(15-5)11(8(7)2)16-9(3)13/h6H,1-5H3. The average Bonchev–Trinajstić information content (AvgIpc) is 2.23. The Kier molecular flexibility index (Phi) is 3.77. The molecular formula is C12H16O4. The summed E-state index contributed by atoms with van der Waals surface area (Å²) >= 11 is 0. The Morgan fingerprint density at radius 1 is 1.12 bits per heavy atom. The fraction of sp³-hybridized carbons (Fsp3) is 0.417. The van der Waals surface area contributed by atoms with Crippen molar-refractivity contribution in [1.82, 2.24) is 0 Å². The second-order valence-corrected chi connectivity index (χ2v) is 3.48. The van der Waals surface area contributed by atoms with E-state index in [-0.39, 0.29) is 5.97 Å². The second-order valence-electron chi connectivity index (χ2n) is 3.48. The second kappa shape index (κ2) is 4.88. The highest BCUT2D eigenvalue weighted by Crippen LogP contribution is 2.41. The van der Waals surface area contributed by atoms with Crippen LogP contribution in [-0.2, 0) is 4.79 Å². The van der Waals surface area contributed by atoms with Crippen molar-refractivity contribution in [3.8, 4) is 17.2 Å². The topological polar surface area (TPSA) is 44.8 Å². The van der Waals surface area contributed by atoms with Gasteiger partial charge in [0.05, 0.1) is 14.2 Å². The van der Waals surface area contributed by atoms with Gasteiger partial charge in [0.1, 0.15) is 0 Å². The van der Waals surface area contributed by atoms with Crippen molar-refractivity contribution in [3.05, 3.63) is 17.2 Å². The smallest absolute Gasteiger partial charge is 0.308 e. The van der Waals surface area contributed by atoms with Gasteiger partial charge in [-0.25, -0.2) is 0 Å². The first-order valence-corrected chi connectivity index (χ1v) is 4.91. The molecule has 0 spiro atoms. The Hall–Kier alpha value is -1.71. The minimum absolute atomic E-state index is 0.381. The molecule has 0 amide bonds. The van der Waals surface area contributed by atoms with E-state index in [2.05, 4.69) is 0 Å². The molecule has 0 aliphatic heterocycles. The third-order valence-electron chi connectivity index (χ3n) is 2.38. The van der Waals surface area contributed by atoms with Crippen LogP contribution in [0.15, 0.2) is 6.07 Å². The van der Waals surface area contributed by atoms with Gasteiger partial charge in [0.25, 0.3) is 0 Å². The zero-order valence-electron chi connectivity index (χ0n) is 10.2. The van der Waals surface area contributed by atoms with E-state index < -0.39 is 0 Å². The minimum atomic E-state index is -0.381. The van der Waals surface area contributed by atoms with Crippen LogP contribution in [0.1, 0.15) is 18.1 Å². The summed E-state index contributed by atoms with van der Waals surface area (Å²) in [6.45, 7) is 5.15. The number of aryl methyl sites for hydroxylation is 1. The van der Waals surface area contributed by atoms with Gasteiger partial charge in [-0.15, -0.1) is 0 Å². The normalized spacial score (nSPS) is 9.81. The molecule has 0 aliphatic rings. The van der Waals surface area contributed by atoms with Crippen molar-refractivity contribution in [3.63, 3.8) is 0 Å². The summed E-state index contributed by atoms with van der Waals surface area (Å²) in [5, 5.41) is 0.